The SMILES string of the molecule is CC[C@H](C)N(CC(=O)N(Cc1cccn1C)C1CC1)C(=O)NCc1ccccc1. The highest BCUT2D eigenvalue weighted by atomic mass is 16.2. The van der Waals surface area contributed by atoms with Crippen LogP contribution < -0.4 is 5.32 Å². The van der Waals surface area contributed by atoms with Crippen molar-refractivity contribution in [1.82, 2.24) is 19.7 Å². The number of nitrogens with zero attached hydrogens (tertiary/aromatic N) is 3. The average molecular weight is 397 g/mol. The number of rotatable bonds is 9. The molecule has 1 heterocycles. The number of hydrogen-bond acceptors (Lipinski definition) is 2. The van der Waals surface area contributed by atoms with E-state index >= 15 is 0 Å². The standard InChI is InChI=1S/C23H32N4O2/c1-4-18(2)26(23(29)24-15-19-9-6-5-7-10-19)17-22(28)27(20-12-13-20)16-21-11-8-14-25(21)3/h5-11,14,18,20H,4,12-13,15-17H2,1-3H3,(H,24,29)/t18-/m0/s1. The molecule has 0 saturated heterocycles. The van der Waals surface area contributed by atoms with E-state index < -0.39 is 0 Å². The van der Waals surface area contributed by atoms with Gasteiger partial charge < -0.3 is 19.7 Å². The van der Waals surface area contributed by atoms with Crippen molar-refractivity contribution in [1.29, 1.82) is 0 Å². The molecule has 6 nitrogen and oxygen atoms in total. The Balaban J connectivity index is 1.65. The number of carbonyl (C=O) groups is 2. The van der Waals surface area contributed by atoms with Gasteiger partial charge in [-0.2, -0.15) is 0 Å². The third-order valence-electron chi connectivity index (χ3n) is 5.67. The molecule has 1 atom stereocenters. The fourth-order valence-electron chi connectivity index (χ4n) is 3.40. The van der Waals surface area contributed by atoms with Gasteiger partial charge in [-0.15, -0.1) is 0 Å². The zero-order chi connectivity index (χ0) is 20.8. The van der Waals surface area contributed by atoms with Crippen LogP contribution in [-0.2, 0) is 24.9 Å². The molecule has 0 spiro atoms. The Morgan fingerprint density at radius 3 is 2.48 bits per heavy atom. The van der Waals surface area contributed by atoms with Crippen molar-refractivity contribution in [3.8, 4) is 0 Å². The average Bonchev–Trinajstić information content (AvgIpc) is 3.50. The molecular weight excluding hydrogens is 364 g/mol. The van der Waals surface area contributed by atoms with Gasteiger partial charge in [-0.05, 0) is 43.9 Å². The highest BCUT2D eigenvalue weighted by Crippen LogP contribution is 2.28. The molecule has 0 radical (unpaired) electrons. The third-order valence-corrected chi connectivity index (χ3v) is 5.67. The smallest absolute Gasteiger partial charge is 0.318 e. The van der Waals surface area contributed by atoms with Gasteiger partial charge in [0.25, 0.3) is 0 Å². The van der Waals surface area contributed by atoms with E-state index in [0.717, 1.165) is 30.5 Å². The van der Waals surface area contributed by atoms with Crippen molar-refractivity contribution in [2.75, 3.05) is 6.54 Å². The van der Waals surface area contributed by atoms with E-state index in [9.17, 15) is 9.59 Å². The molecule has 1 fully saturated rings. The van der Waals surface area contributed by atoms with Gasteiger partial charge in [-0.1, -0.05) is 37.3 Å². The fraction of sp³-hybridized carbons (Fsp3) is 0.478. The van der Waals surface area contributed by atoms with Crippen LogP contribution in [0.25, 0.3) is 0 Å². The topological polar surface area (TPSA) is 57.6 Å². The van der Waals surface area contributed by atoms with Gasteiger partial charge in [0.15, 0.2) is 0 Å². The quantitative estimate of drug-likeness (QED) is 0.705. The molecule has 0 unspecified atom stereocenters. The molecule has 1 aromatic carbocycles. The summed E-state index contributed by atoms with van der Waals surface area (Å²) in [6, 6.07) is 14.0. The summed E-state index contributed by atoms with van der Waals surface area (Å²) < 4.78 is 2.04. The zero-order valence-electron chi connectivity index (χ0n) is 17.7. The lowest BCUT2D eigenvalue weighted by Crippen LogP contribution is -2.50. The van der Waals surface area contributed by atoms with Crippen molar-refractivity contribution in [2.24, 2.45) is 7.05 Å². The van der Waals surface area contributed by atoms with Crippen LogP contribution in [0.3, 0.4) is 0 Å². The van der Waals surface area contributed by atoms with Gasteiger partial charge in [0.1, 0.15) is 6.54 Å². The predicted molar refractivity (Wildman–Crippen MR) is 114 cm³/mol. The van der Waals surface area contributed by atoms with Gasteiger partial charge in [0.2, 0.25) is 5.91 Å². The Bertz CT molecular complexity index is 813. The molecule has 1 N–H and O–H groups in total. The number of aryl methyl sites for hydroxylation is 1. The minimum atomic E-state index is -0.189. The first kappa shape index (κ1) is 21.0. The molecule has 6 heteroatoms. The number of amides is 3. The maximum Gasteiger partial charge on any atom is 0.318 e. The Morgan fingerprint density at radius 1 is 1.17 bits per heavy atom. The van der Waals surface area contributed by atoms with Crippen molar-refractivity contribution in [3.05, 3.63) is 59.9 Å². The molecule has 0 bridgehead atoms. The van der Waals surface area contributed by atoms with Crippen LogP contribution in [0.5, 0.6) is 0 Å². The van der Waals surface area contributed by atoms with Crippen LogP contribution in [-0.4, -0.2) is 44.9 Å². The summed E-state index contributed by atoms with van der Waals surface area (Å²) in [6.45, 7) is 5.18. The summed E-state index contributed by atoms with van der Waals surface area (Å²) in [5.74, 6) is 0.0175. The first-order valence-electron chi connectivity index (χ1n) is 10.5. The zero-order valence-corrected chi connectivity index (χ0v) is 17.7. The van der Waals surface area contributed by atoms with Crippen molar-refractivity contribution in [3.63, 3.8) is 0 Å². The predicted octanol–water partition coefficient (Wildman–Crippen LogP) is 3.53. The Labute approximate surface area is 173 Å². The minimum Gasteiger partial charge on any atom is -0.353 e. The molecule has 0 aliphatic heterocycles. The van der Waals surface area contributed by atoms with Gasteiger partial charge >= 0.3 is 6.03 Å². The Hall–Kier alpha value is -2.76. The Kier molecular flexibility index (Phi) is 6.96. The van der Waals surface area contributed by atoms with Crippen molar-refractivity contribution >= 4 is 11.9 Å². The van der Waals surface area contributed by atoms with E-state index in [1.807, 2.05) is 79.0 Å². The van der Waals surface area contributed by atoms with E-state index in [-0.39, 0.29) is 24.5 Å². The Morgan fingerprint density at radius 2 is 1.90 bits per heavy atom. The maximum absolute atomic E-state index is 13.2. The normalized spacial score (nSPS) is 14.3. The molecule has 3 rings (SSSR count). The number of hydrogen-bond donors (Lipinski definition) is 1. The number of carbonyl (C=O) groups excluding carboxylic acids is 2. The van der Waals surface area contributed by atoms with E-state index in [2.05, 4.69) is 5.32 Å². The first-order chi connectivity index (χ1) is 14.0. The number of urea groups is 1. The van der Waals surface area contributed by atoms with Crippen LogP contribution in [0.2, 0.25) is 0 Å². The minimum absolute atomic E-state index is 0.00851. The summed E-state index contributed by atoms with van der Waals surface area (Å²) in [4.78, 5) is 29.7. The third kappa shape index (κ3) is 5.62. The van der Waals surface area contributed by atoms with Gasteiger partial charge in [-0.25, -0.2) is 4.79 Å². The number of benzene rings is 1. The first-order valence-corrected chi connectivity index (χ1v) is 10.5. The lowest BCUT2D eigenvalue weighted by molar-refractivity contribution is -0.133. The summed E-state index contributed by atoms with van der Waals surface area (Å²) in [6.07, 6.45) is 4.88. The van der Waals surface area contributed by atoms with Gasteiger partial charge in [0.05, 0.1) is 6.54 Å². The second-order valence-corrected chi connectivity index (χ2v) is 7.89. The molecule has 1 aromatic heterocycles. The fourth-order valence-corrected chi connectivity index (χ4v) is 3.40. The van der Waals surface area contributed by atoms with Crippen LogP contribution >= 0.6 is 0 Å². The van der Waals surface area contributed by atoms with Crippen molar-refractivity contribution in [2.45, 2.75) is 58.3 Å². The number of aromatic nitrogens is 1. The van der Waals surface area contributed by atoms with E-state index in [4.69, 9.17) is 0 Å². The van der Waals surface area contributed by atoms with Gasteiger partial charge in [-0.3, -0.25) is 4.79 Å². The molecule has 1 aliphatic rings. The molecule has 156 valence electrons. The molecule has 3 amide bonds. The highest BCUT2D eigenvalue weighted by molar-refractivity contribution is 5.84. The lowest BCUT2D eigenvalue weighted by Gasteiger charge is -2.31. The summed E-state index contributed by atoms with van der Waals surface area (Å²) >= 11 is 0. The maximum atomic E-state index is 13.2. The summed E-state index contributed by atoms with van der Waals surface area (Å²) in [7, 11) is 1.99. The summed E-state index contributed by atoms with van der Waals surface area (Å²) in [5.41, 5.74) is 2.15. The monoisotopic (exact) mass is 396 g/mol. The highest BCUT2D eigenvalue weighted by Gasteiger charge is 2.34. The number of nitrogens with one attached hydrogen (secondary N) is 1. The van der Waals surface area contributed by atoms with Crippen LogP contribution in [0, 0.1) is 0 Å². The van der Waals surface area contributed by atoms with Crippen LogP contribution in [0.4, 0.5) is 4.79 Å². The summed E-state index contributed by atoms with van der Waals surface area (Å²) in [5, 5.41) is 2.97. The van der Waals surface area contributed by atoms with E-state index in [1.54, 1.807) is 4.90 Å². The molecular formula is C23H32N4O2. The van der Waals surface area contributed by atoms with Crippen molar-refractivity contribution < 1.29 is 9.59 Å². The molecule has 2 aromatic rings. The second kappa shape index (κ2) is 9.63. The van der Waals surface area contributed by atoms with Crippen LogP contribution in [0.1, 0.15) is 44.4 Å². The van der Waals surface area contributed by atoms with Gasteiger partial charge in [0, 0.05) is 37.6 Å². The molecule has 29 heavy (non-hydrogen) atoms. The van der Waals surface area contributed by atoms with Crippen LogP contribution in [0.15, 0.2) is 48.7 Å². The molecule has 1 saturated carbocycles. The van der Waals surface area contributed by atoms with E-state index in [1.165, 1.54) is 0 Å². The molecule has 1 aliphatic carbocycles. The largest absolute Gasteiger partial charge is 0.353 e. The lowest BCUT2D eigenvalue weighted by atomic mass is 10.2. The van der Waals surface area contributed by atoms with E-state index in [0.29, 0.717) is 19.1 Å². The second-order valence-electron chi connectivity index (χ2n) is 7.89.